The van der Waals surface area contributed by atoms with Crippen molar-refractivity contribution in [3.05, 3.63) is 47.5 Å². The highest BCUT2D eigenvalue weighted by Gasteiger charge is 2.45. The molecule has 0 unspecified atom stereocenters. The number of fused-ring (bicyclic) bond motifs is 1. The van der Waals surface area contributed by atoms with Crippen LogP contribution in [0.3, 0.4) is 0 Å². The van der Waals surface area contributed by atoms with Crippen LogP contribution < -0.4 is 18.9 Å². The van der Waals surface area contributed by atoms with E-state index in [1.807, 2.05) is 36.4 Å². The molecule has 0 aliphatic carbocycles. The molecule has 0 radical (unpaired) electrons. The third-order valence-electron chi connectivity index (χ3n) is 5.50. The highest BCUT2D eigenvalue weighted by Crippen LogP contribution is 2.51. The Morgan fingerprint density at radius 1 is 0.821 bits per heavy atom. The summed E-state index contributed by atoms with van der Waals surface area (Å²) in [4.78, 5) is 0. The van der Waals surface area contributed by atoms with Gasteiger partial charge in [-0.3, -0.25) is 0 Å². The van der Waals surface area contributed by atoms with Gasteiger partial charge in [-0.15, -0.1) is 0 Å². The van der Waals surface area contributed by atoms with E-state index in [0.717, 1.165) is 11.1 Å². The van der Waals surface area contributed by atoms with Crippen LogP contribution in [0.5, 0.6) is 23.0 Å². The van der Waals surface area contributed by atoms with Crippen molar-refractivity contribution in [3.63, 3.8) is 0 Å². The minimum atomic E-state index is -0.391. The first-order valence-corrected chi connectivity index (χ1v) is 9.18. The van der Waals surface area contributed by atoms with E-state index in [9.17, 15) is 10.2 Å². The van der Waals surface area contributed by atoms with Crippen molar-refractivity contribution in [3.8, 4) is 23.0 Å². The standard InChI is InChI=1S/C21H24O7/c1-24-16-5-3-12(7-18(16)25-2)20-14(9-22)15(10-23)21(28-20)13-4-6-17-19(8-13)27-11-26-17/h3-8,14-15,20-23H,9-11H2,1-2H3/t14-,15-,20+,21-/m1/s1. The molecule has 2 aromatic rings. The van der Waals surface area contributed by atoms with Gasteiger partial charge < -0.3 is 33.9 Å². The molecule has 7 heteroatoms. The zero-order valence-corrected chi connectivity index (χ0v) is 15.8. The summed E-state index contributed by atoms with van der Waals surface area (Å²) in [6.45, 7) is -0.0132. The van der Waals surface area contributed by atoms with Gasteiger partial charge in [-0.1, -0.05) is 12.1 Å². The molecule has 2 aromatic carbocycles. The van der Waals surface area contributed by atoms with Crippen LogP contribution in [-0.2, 0) is 4.74 Å². The van der Waals surface area contributed by atoms with E-state index >= 15 is 0 Å². The molecule has 0 bridgehead atoms. The van der Waals surface area contributed by atoms with E-state index in [2.05, 4.69) is 0 Å². The second kappa shape index (κ2) is 7.87. The van der Waals surface area contributed by atoms with E-state index in [1.54, 1.807) is 14.2 Å². The number of ether oxygens (including phenoxy) is 5. The van der Waals surface area contributed by atoms with Crippen molar-refractivity contribution in [2.45, 2.75) is 12.2 Å². The van der Waals surface area contributed by atoms with Gasteiger partial charge >= 0.3 is 0 Å². The molecule has 0 spiro atoms. The Labute approximate surface area is 163 Å². The predicted molar refractivity (Wildman–Crippen MR) is 99.8 cm³/mol. The molecular weight excluding hydrogens is 364 g/mol. The Hall–Kier alpha value is -2.48. The molecule has 0 saturated carbocycles. The lowest BCUT2D eigenvalue weighted by Crippen LogP contribution is -2.23. The fraction of sp³-hybridized carbons (Fsp3) is 0.429. The van der Waals surface area contributed by atoms with E-state index in [0.29, 0.717) is 23.0 Å². The molecule has 4 rings (SSSR count). The predicted octanol–water partition coefficient (Wildman–Crippen LogP) is 2.46. The van der Waals surface area contributed by atoms with Gasteiger partial charge in [-0.2, -0.15) is 0 Å². The number of aliphatic hydroxyl groups excluding tert-OH is 2. The van der Waals surface area contributed by atoms with Crippen molar-refractivity contribution in [1.82, 2.24) is 0 Å². The van der Waals surface area contributed by atoms with Crippen LogP contribution >= 0.6 is 0 Å². The first-order chi connectivity index (χ1) is 13.7. The normalized spacial score (nSPS) is 25.7. The average molecular weight is 388 g/mol. The second-order valence-electron chi connectivity index (χ2n) is 6.90. The molecule has 2 aliphatic rings. The maximum Gasteiger partial charge on any atom is 0.231 e. The lowest BCUT2D eigenvalue weighted by Gasteiger charge is -2.21. The van der Waals surface area contributed by atoms with Crippen LogP contribution in [0.25, 0.3) is 0 Å². The van der Waals surface area contributed by atoms with Gasteiger partial charge in [0.2, 0.25) is 6.79 Å². The van der Waals surface area contributed by atoms with Gasteiger partial charge in [0, 0.05) is 25.0 Å². The Kier molecular flexibility index (Phi) is 5.30. The molecule has 1 saturated heterocycles. The molecule has 2 N–H and O–H groups in total. The summed E-state index contributed by atoms with van der Waals surface area (Å²) in [6.07, 6.45) is -0.771. The van der Waals surface area contributed by atoms with Crippen LogP contribution in [0.15, 0.2) is 36.4 Å². The van der Waals surface area contributed by atoms with Gasteiger partial charge in [0.1, 0.15) is 0 Å². The van der Waals surface area contributed by atoms with Crippen LogP contribution in [0.2, 0.25) is 0 Å². The second-order valence-corrected chi connectivity index (χ2v) is 6.90. The molecule has 2 aliphatic heterocycles. The number of aliphatic hydroxyl groups is 2. The maximum absolute atomic E-state index is 10.1. The summed E-state index contributed by atoms with van der Waals surface area (Å²) in [7, 11) is 3.16. The highest BCUT2D eigenvalue weighted by molar-refractivity contribution is 5.46. The van der Waals surface area contributed by atoms with Gasteiger partial charge in [-0.25, -0.2) is 0 Å². The first kappa shape index (κ1) is 18.9. The number of hydrogen-bond acceptors (Lipinski definition) is 7. The van der Waals surface area contributed by atoms with Gasteiger partial charge in [0.25, 0.3) is 0 Å². The van der Waals surface area contributed by atoms with Gasteiger partial charge in [0.15, 0.2) is 23.0 Å². The SMILES string of the molecule is COc1ccc([C@@H]2O[C@H](c3ccc4c(c3)OCO4)[C@H](CO)[C@H]2CO)cc1OC. The van der Waals surface area contributed by atoms with Crippen molar-refractivity contribution >= 4 is 0 Å². The van der Waals surface area contributed by atoms with Crippen LogP contribution in [0.1, 0.15) is 23.3 Å². The van der Waals surface area contributed by atoms with Gasteiger partial charge in [-0.05, 0) is 35.4 Å². The number of benzene rings is 2. The zero-order chi connectivity index (χ0) is 19.7. The summed E-state index contributed by atoms with van der Waals surface area (Å²) in [5.41, 5.74) is 1.74. The minimum absolute atomic E-state index is 0.103. The van der Waals surface area contributed by atoms with Crippen molar-refractivity contribution in [2.75, 3.05) is 34.2 Å². The zero-order valence-electron chi connectivity index (χ0n) is 15.8. The fourth-order valence-electron chi connectivity index (χ4n) is 4.04. The molecular formula is C21H24O7. The third kappa shape index (κ3) is 3.15. The quantitative estimate of drug-likeness (QED) is 0.786. The Bertz CT molecular complexity index is 837. The molecule has 28 heavy (non-hydrogen) atoms. The van der Waals surface area contributed by atoms with E-state index in [-0.39, 0.29) is 37.9 Å². The Morgan fingerprint density at radius 2 is 1.43 bits per heavy atom. The molecule has 4 atom stereocenters. The summed E-state index contributed by atoms with van der Waals surface area (Å²) in [5.74, 6) is 2.04. The summed E-state index contributed by atoms with van der Waals surface area (Å²) < 4.78 is 27.9. The summed E-state index contributed by atoms with van der Waals surface area (Å²) in [5, 5.41) is 20.1. The Balaban J connectivity index is 1.68. The highest BCUT2D eigenvalue weighted by atomic mass is 16.7. The van der Waals surface area contributed by atoms with Crippen molar-refractivity contribution in [1.29, 1.82) is 0 Å². The number of methoxy groups -OCH3 is 2. The maximum atomic E-state index is 10.1. The first-order valence-electron chi connectivity index (χ1n) is 9.18. The van der Waals surface area contributed by atoms with E-state index in [1.165, 1.54) is 0 Å². The van der Waals surface area contributed by atoms with E-state index in [4.69, 9.17) is 23.7 Å². The molecule has 2 heterocycles. The smallest absolute Gasteiger partial charge is 0.231 e. The Morgan fingerprint density at radius 3 is 2.07 bits per heavy atom. The molecule has 1 fully saturated rings. The molecule has 0 aromatic heterocycles. The van der Waals surface area contributed by atoms with Gasteiger partial charge in [0.05, 0.1) is 26.4 Å². The average Bonchev–Trinajstić information content (AvgIpc) is 3.36. The van der Waals surface area contributed by atoms with Crippen LogP contribution in [0, 0.1) is 11.8 Å². The van der Waals surface area contributed by atoms with Crippen molar-refractivity contribution in [2.24, 2.45) is 11.8 Å². The number of rotatable bonds is 6. The largest absolute Gasteiger partial charge is 0.493 e. The third-order valence-corrected chi connectivity index (χ3v) is 5.50. The minimum Gasteiger partial charge on any atom is -0.493 e. The fourth-order valence-corrected chi connectivity index (χ4v) is 4.04. The molecule has 7 nitrogen and oxygen atoms in total. The van der Waals surface area contributed by atoms with Crippen LogP contribution in [-0.4, -0.2) is 44.4 Å². The summed E-state index contributed by atoms with van der Waals surface area (Å²) >= 11 is 0. The molecule has 0 amide bonds. The lowest BCUT2D eigenvalue weighted by molar-refractivity contribution is 0.0183. The van der Waals surface area contributed by atoms with Crippen LogP contribution in [0.4, 0.5) is 0 Å². The monoisotopic (exact) mass is 388 g/mol. The lowest BCUT2D eigenvalue weighted by atomic mass is 9.83. The van der Waals surface area contributed by atoms with Crippen molar-refractivity contribution < 1.29 is 33.9 Å². The topological polar surface area (TPSA) is 86.6 Å². The summed E-state index contributed by atoms with van der Waals surface area (Å²) in [6, 6.07) is 11.2. The van der Waals surface area contributed by atoms with E-state index < -0.39 is 6.10 Å². The number of hydrogen-bond donors (Lipinski definition) is 2. The molecule has 150 valence electrons.